The van der Waals surface area contributed by atoms with Gasteiger partial charge < -0.3 is 15.1 Å². The smallest absolute Gasteiger partial charge is 0.321 e. The number of urea groups is 1. The molecular weight excluding hydrogens is 390 g/mol. The molecule has 2 heterocycles. The lowest BCUT2D eigenvalue weighted by atomic mass is 10.2. The summed E-state index contributed by atoms with van der Waals surface area (Å²) in [5.74, 6) is 0.0116. The van der Waals surface area contributed by atoms with Crippen LogP contribution in [0.3, 0.4) is 0 Å². The van der Waals surface area contributed by atoms with Crippen LogP contribution in [0.25, 0.3) is 0 Å². The van der Waals surface area contributed by atoms with E-state index < -0.39 is 0 Å². The van der Waals surface area contributed by atoms with Crippen LogP contribution in [0.2, 0.25) is 0 Å². The van der Waals surface area contributed by atoms with Gasteiger partial charge >= 0.3 is 6.03 Å². The summed E-state index contributed by atoms with van der Waals surface area (Å²) >= 11 is 0. The fourth-order valence-corrected chi connectivity index (χ4v) is 3.83. The molecule has 1 aromatic heterocycles. The summed E-state index contributed by atoms with van der Waals surface area (Å²) in [5.41, 5.74) is 4.61. The fourth-order valence-electron chi connectivity index (χ4n) is 3.83. The maximum atomic E-state index is 12.7. The lowest BCUT2D eigenvalue weighted by molar-refractivity contribution is 0.0671. The highest BCUT2D eigenvalue weighted by Crippen LogP contribution is 2.15. The molecule has 0 radical (unpaired) electrons. The molecule has 1 aliphatic heterocycles. The zero-order valence-corrected chi connectivity index (χ0v) is 17.9. The van der Waals surface area contributed by atoms with Gasteiger partial charge in [-0.3, -0.25) is 9.48 Å². The predicted molar refractivity (Wildman–Crippen MR) is 120 cm³/mol. The van der Waals surface area contributed by atoms with Gasteiger partial charge in [-0.05, 0) is 49.7 Å². The molecule has 0 atom stereocenters. The van der Waals surface area contributed by atoms with Crippen molar-refractivity contribution in [2.45, 2.75) is 20.4 Å². The van der Waals surface area contributed by atoms with Crippen molar-refractivity contribution < 1.29 is 9.59 Å². The van der Waals surface area contributed by atoms with E-state index in [1.54, 1.807) is 9.80 Å². The molecule has 1 N–H and O–H groups in total. The van der Waals surface area contributed by atoms with Crippen LogP contribution >= 0.6 is 0 Å². The van der Waals surface area contributed by atoms with Crippen molar-refractivity contribution in [3.05, 3.63) is 83.2 Å². The lowest BCUT2D eigenvalue weighted by Gasteiger charge is -2.34. The number of hydrogen-bond acceptors (Lipinski definition) is 3. The maximum absolute atomic E-state index is 12.7. The SMILES string of the molecule is Cc1cc(C)n(Cc2cccc(NC(=O)N3CCN(C(=O)c4ccccc4)CC3)c2)n1. The average molecular weight is 418 g/mol. The highest BCUT2D eigenvalue weighted by Gasteiger charge is 2.24. The van der Waals surface area contributed by atoms with Gasteiger partial charge in [0.15, 0.2) is 0 Å². The summed E-state index contributed by atoms with van der Waals surface area (Å²) in [4.78, 5) is 28.9. The van der Waals surface area contributed by atoms with Crippen molar-refractivity contribution in [1.29, 1.82) is 0 Å². The third-order valence-corrected chi connectivity index (χ3v) is 5.49. The van der Waals surface area contributed by atoms with Gasteiger partial charge in [-0.2, -0.15) is 5.10 Å². The first-order valence-electron chi connectivity index (χ1n) is 10.5. The third-order valence-electron chi connectivity index (χ3n) is 5.49. The molecule has 0 saturated carbocycles. The van der Waals surface area contributed by atoms with Gasteiger partial charge in [0.05, 0.1) is 12.2 Å². The number of nitrogens with one attached hydrogen (secondary N) is 1. The molecule has 2 aromatic carbocycles. The van der Waals surface area contributed by atoms with Crippen molar-refractivity contribution in [1.82, 2.24) is 19.6 Å². The van der Waals surface area contributed by atoms with Gasteiger partial charge in [0.25, 0.3) is 5.91 Å². The Morgan fingerprint density at radius 2 is 1.61 bits per heavy atom. The van der Waals surface area contributed by atoms with E-state index in [9.17, 15) is 9.59 Å². The minimum absolute atomic E-state index is 0.0116. The van der Waals surface area contributed by atoms with Gasteiger partial charge in [0.1, 0.15) is 0 Å². The Balaban J connectivity index is 1.33. The van der Waals surface area contributed by atoms with Crippen LogP contribution in [0.15, 0.2) is 60.7 Å². The van der Waals surface area contributed by atoms with Crippen LogP contribution in [0.1, 0.15) is 27.3 Å². The number of amides is 3. The molecule has 1 aliphatic rings. The summed E-state index contributed by atoms with van der Waals surface area (Å²) in [5, 5.41) is 7.49. The van der Waals surface area contributed by atoms with Crippen LogP contribution in [0.5, 0.6) is 0 Å². The molecule has 7 nitrogen and oxygen atoms in total. The van der Waals surface area contributed by atoms with E-state index in [4.69, 9.17) is 0 Å². The molecule has 3 aromatic rings. The van der Waals surface area contributed by atoms with E-state index in [1.165, 1.54) is 0 Å². The molecule has 0 spiro atoms. The van der Waals surface area contributed by atoms with Gasteiger partial charge in [-0.25, -0.2) is 4.79 Å². The number of anilines is 1. The minimum atomic E-state index is -0.143. The van der Waals surface area contributed by atoms with Crippen LogP contribution in [-0.4, -0.2) is 57.7 Å². The summed E-state index contributed by atoms with van der Waals surface area (Å²) < 4.78 is 1.96. The Kier molecular flexibility index (Phi) is 6.02. The van der Waals surface area contributed by atoms with E-state index in [0.29, 0.717) is 38.3 Å². The topological polar surface area (TPSA) is 70.5 Å². The van der Waals surface area contributed by atoms with E-state index in [0.717, 1.165) is 22.6 Å². The standard InChI is InChI=1S/C24H27N5O2/c1-18-15-19(2)29(26-18)17-20-7-6-10-22(16-20)25-24(31)28-13-11-27(12-14-28)23(30)21-8-4-3-5-9-21/h3-10,15-16H,11-14,17H2,1-2H3,(H,25,31). The lowest BCUT2D eigenvalue weighted by Crippen LogP contribution is -2.51. The van der Waals surface area contributed by atoms with E-state index >= 15 is 0 Å². The maximum Gasteiger partial charge on any atom is 0.321 e. The van der Waals surface area contributed by atoms with Crippen molar-refractivity contribution in [2.75, 3.05) is 31.5 Å². The second kappa shape index (κ2) is 9.04. The predicted octanol–water partition coefficient (Wildman–Crippen LogP) is 3.54. The second-order valence-corrected chi connectivity index (χ2v) is 7.86. The Morgan fingerprint density at radius 3 is 2.29 bits per heavy atom. The number of aryl methyl sites for hydroxylation is 2. The Bertz CT molecular complexity index is 1070. The first-order valence-corrected chi connectivity index (χ1v) is 10.5. The number of carbonyl (C=O) groups is 2. The molecule has 3 amide bonds. The number of rotatable bonds is 4. The molecule has 0 unspecified atom stereocenters. The zero-order valence-electron chi connectivity index (χ0n) is 17.9. The van der Waals surface area contributed by atoms with Gasteiger partial charge in [0, 0.05) is 43.1 Å². The number of aromatic nitrogens is 2. The third kappa shape index (κ3) is 4.94. The van der Waals surface area contributed by atoms with E-state index in [1.807, 2.05) is 79.2 Å². The van der Waals surface area contributed by atoms with Crippen molar-refractivity contribution in [2.24, 2.45) is 0 Å². The molecular formula is C24H27N5O2. The Labute approximate surface area is 182 Å². The molecule has 0 aliphatic carbocycles. The van der Waals surface area contributed by atoms with Crippen molar-refractivity contribution >= 4 is 17.6 Å². The number of benzene rings is 2. The Morgan fingerprint density at radius 1 is 0.903 bits per heavy atom. The highest BCUT2D eigenvalue weighted by molar-refractivity contribution is 5.94. The van der Waals surface area contributed by atoms with Crippen LogP contribution in [0.4, 0.5) is 10.5 Å². The first kappa shape index (κ1) is 20.7. The van der Waals surface area contributed by atoms with E-state index in [2.05, 4.69) is 10.4 Å². The summed E-state index contributed by atoms with van der Waals surface area (Å²) in [6, 6.07) is 19.0. The second-order valence-electron chi connectivity index (χ2n) is 7.86. The van der Waals surface area contributed by atoms with Crippen LogP contribution in [-0.2, 0) is 6.54 Å². The van der Waals surface area contributed by atoms with Crippen molar-refractivity contribution in [3.8, 4) is 0 Å². The molecule has 4 rings (SSSR count). The molecule has 31 heavy (non-hydrogen) atoms. The summed E-state index contributed by atoms with van der Waals surface area (Å²) in [6.07, 6.45) is 0. The molecule has 7 heteroatoms. The molecule has 0 bridgehead atoms. The molecule has 1 fully saturated rings. The largest absolute Gasteiger partial charge is 0.335 e. The number of piperazine rings is 1. The summed E-state index contributed by atoms with van der Waals surface area (Å²) in [7, 11) is 0. The first-order chi connectivity index (χ1) is 15.0. The molecule has 1 saturated heterocycles. The fraction of sp³-hybridized carbons (Fsp3) is 0.292. The summed E-state index contributed by atoms with van der Waals surface area (Å²) in [6.45, 7) is 6.74. The number of nitrogens with zero attached hydrogens (tertiary/aromatic N) is 4. The van der Waals surface area contributed by atoms with Crippen LogP contribution in [0, 0.1) is 13.8 Å². The van der Waals surface area contributed by atoms with Gasteiger partial charge in [-0.15, -0.1) is 0 Å². The van der Waals surface area contributed by atoms with E-state index in [-0.39, 0.29) is 11.9 Å². The van der Waals surface area contributed by atoms with Crippen molar-refractivity contribution in [3.63, 3.8) is 0 Å². The van der Waals surface area contributed by atoms with Crippen LogP contribution < -0.4 is 5.32 Å². The zero-order chi connectivity index (χ0) is 21.8. The normalized spacial score (nSPS) is 13.9. The number of carbonyl (C=O) groups excluding carboxylic acids is 2. The highest BCUT2D eigenvalue weighted by atomic mass is 16.2. The van der Waals surface area contributed by atoms with Gasteiger partial charge in [0.2, 0.25) is 0 Å². The molecule has 160 valence electrons. The average Bonchev–Trinajstić information content (AvgIpc) is 3.10. The van der Waals surface area contributed by atoms with Gasteiger partial charge in [-0.1, -0.05) is 30.3 Å². The Hall–Kier alpha value is -3.61. The number of hydrogen-bond donors (Lipinski definition) is 1. The quantitative estimate of drug-likeness (QED) is 0.706. The monoisotopic (exact) mass is 417 g/mol. The minimum Gasteiger partial charge on any atom is -0.335 e.